The highest BCUT2D eigenvalue weighted by atomic mass is 16.5. The highest BCUT2D eigenvalue weighted by molar-refractivity contribution is 5.91. The number of nitrogens with zero attached hydrogens (tertiary/aromatic N) is 2. The van der Waals surface area contributed by atoms with Crippen LogP contribution in [0, 0.1) is 0 Å². The molecule has 0 atom stereocenters. The molecule has 0 saturated heterocycles. The minimum absolute atomic E-state index is 0.550. The normalized spacial score (nSPS) is 11.8. The summed E-state index contributed by atoms with van der Waals surface area (Å²) >= 11 is 0. The fourth-order valence-corrected chi connectivity index (χ4v) is 3.13. The van der Waals surface area contributed by atoms with E-state index in [4.69, 9.17) is 10.2 Å². The van der Waals surface area contributed by atoms with Gasteiger partial charge in [0, 0.05) is 25.6 Å². The number of amides is 1. The minimum Gasteiger partial charge on any atom is -0.327 e. The van der Waals surface area contributed by atoms with Gasteiger partial charge in [-0.05, 0) is 50.1 Å². The Kier molecular flexibility index (Phi) is 9.45. The lowest BCUT2D eigenvalue weighted by molar-refractivity contribution is -0.124. The van der Waals surface area contributed by atoms with Gasteiger partial charge in [-0.1, -0.05) is 38.0 Å². The maximum atomic E-state index is 11.2. The van der Waals surface area contributed by atoms with E-state index in [-0.39, 0.29) is 0 Å². The van der Waals surface area contributed by atoms with Gasteiger partial charge in [0.05, 0.1) is 11.0 Å². The molecule has 1 heterocycles. The van der Waals surface area contributed by atoms with Crippen LogP contribution >= 0.6 is 0 Å². The number of unbranched alkanes of at least 4 members (excludes halogenated alkanes) is 3. The van der Waals surface area contributed by atoms with Crippen molar-refractivity contribution in [2.24, 2.45) is 0 Å². The molecule has 3 N–H and O–H groups in total. The van der Waals surface area contributed by atoms with Crippen LogP contribution in [0.2, 0.25) is 0 Å². The lowest BCUT2D eigenvalue weighted by atomic mass is 10.2. The largest absolute Gasteiger partial charge is 0.327 e. The number of hydrogen-bond acceptors (Lipinski definition) is 4. The first-order valence-corrected chi connectivity index (χ1v) is 10.1. The van der Waals surface area contributed by atoms with Gasteiger partial charge in [0.15, 0.2) is 0 Å². The van der Waals surface area contributed by atoms with Crippen LogP contribution in [0.1, 0.15) is 50.4 Å². The highest BCUT2D eigenvalue weighted by Crippen LogP contribution is 2.20. The second-order valence-corrected chi connectivity index (χ2v) is 6.85. The van der Waals surface area contributed by atoms with Crippen LogP contribution in [0.3, 0.4) is 0 Å². The van der Waals surface area contributed by atoms with Gasteiger partial charge in [0.25, 0.3) is 5.91 Å². The summed E-state index contributed by atoms with van der Waals surface area (Å²) in [6, 6.07) is 5.97. The molecule has 0 aliphatic heterocycles. The zero-order valence-electron chi connectivity index (χ0n) is 16.9. The molecular formula is C22H32N4O2. The van der Waals surface area contributed by atoms with E-state index >= 15 is 0 Å². The third-order valence-electron chi connectivity index (χ3n) is 4.65. The van der Waals surface area contributed by atoms with E-state index in [1.165, 1.54) is 25.3 Å². The monoisotopic (exact) mass is 384 g/mol. The minimum atomic E-state index is -0.550. The van der Waals surface area contributed by atoms with Crippen LogP contribution < -0.4 is 10.8 Å². The summed E-state index contributed by atoms with van der Waals surface area (Å²) < 4.78 is 2.27. The van der Waals surface area contributed by atoms with Gasteiger partial charge < -0.3 is 9.88 Å². The van der Waals surface area contributed by atoms with Crippen LogP contribution in [0.15, 0.2) is 36.4 Å². The number of aromatic nitrogens is 2. The average molecular weight is 385 g/mol. The Morgan fingerprint density at radius 3 is 2.82 bits per heavy atom. The summed E-state index contributed by atoms with van der Waals surface area (Å²) in [7, 11) is 1.95. The molecule has 0 aliphatic carbocycles. The third-order valence-corrected chi connectivity index (χ3v) is 4.65. The average Bonchev–Trinajstić information content (AvgIpc) is 3.06. The SMILES string of the molecule is CCCCC/C=C/CCc1nc2cc(/C=C/C(=O)NO)ccc2n1CCNC. The molecule has 2 aromatic rings. The first kappa shape index (κ1) is 21.9. The van der Waals surface area contributed by atoms with Crippen LogP contribution in [-0.4, -0.2) is 34.3 Å². The summed E-state index contributed by atoms with van der Waals surface area (Å²) in [5.41, 5.74) is 4.49. The number of aryl methyl sites for hydroxylation is 1. The van der Waals surface area contributed by atoms with Crippen molar-refractivity contribution in [1.29, 1.82) is 0 Å². The molecule has 0 fully saturated rings. The molecule has 152 valence electrons. The Morgan fingerprint density at radius 1 is 1.25 bits per heavy atom. The smallest absolute Gasteiger partial charge is 0.267 e. The van der Waals surface area contributed by atoms with Gasteiger partial charge >= 0.3 is 0 Å². The number of carbonyl (C=O) groups excluding carboxylic acids is 1. The number of imidazole rings is 1. The molecular weight excluding hydrogens is 352 g/mol. The van der Waals surface area contributed by atoms with Gasteiger partial charge in [-0.2, -0.15) is 0 Å². The fraction of sp³-hybridized carbons (Fsp3) is 0.455. The molecule has 6 heteroatoms. The fourth-order valence-electron chi connectivity index (χ4n) is 3.13. The number of carbonyl (C=O) groups is 1. The molecule has 0 radical (unpaired) electrons. The Balaban J connectivity index is 2.13. The lowest BCUT2D eigenvalue weighted by Gasteiger charge is -2.08. The maximum absolute atomic E-state index is 11.2. The van der Waals surface area contributed by atoms with Crippen molar-refractivity contribution in [3.05, 3.63) is 47.8 Å². The van der Waals surface area contributed by atoms with Crippen molar-refractivity contribution in [2.45, 2.75) is 52.0 Å². The van der Waals surface area contributed by atoms with Crippen molar-refractivity contribution >= 4 is 23.0 Å². The van der Waals surface area contributed by atoms with Gasteiger partial charge in [-0.25, -0.2) is 10.5 Å². The van der Waals surface area contributed by atoms with Gasteiger partial charge in [0.1, 0.15) is 5.82 Å². The Labute approximate surface area is 167 Å². The molecule has 0 bridgehead atoms. The Hall–Kier alpha value is -2.44. The number of hydroxylamine groups is 1. The van der Waals surface area contributed by atoms with E-state index in [0.29, 0.717) is 0 Å². The van der Waals surface area contributed by atoms with E-state index in [1.54, 1.807) is 11.6 Å². The van der Waals surface area contributed by atoms with Crippen LogP contribution in [-0.2, 0) is 17.8 Å². The molecule has 2 rings (SSSR count). The zero-order chi connectivity index (χ0) is 20.2. The number of rotatable bonds is 12. The molecule has 0 unspecified atom stereocenters. The van der Waals surface area contributed by atoms with Gasteiger partial charge in [-0.3, -0.25) is 10.0 Å². The van der Waals surface area contributed by atoms with Crippen molar-refractivity contribution in [1.82, 2.24) is 20.3 Å². The summed E-state index contributed by atoms with van der Waals surface area (Å²) in [5.74, 6) is 0.531. The standard InChI is InChI=1S/C22H32N4O2/c1-3-4-5-6-7-8-9-10-21-24-19-17-18(12-14-22(27)25-28)11-13-20(19)26(21)16-15-23-2/h7-8,11-14,17,23,28H,3-6,9-10,15-16H2,1-2H3,(H,25,27)/b8-7+,14-12+. The number of likely N-dealkylation sites (N-methyl/N-ethyl adjacent to an activating group) is 1. The first-order valence-electron chi connectivity index (χ1n) is 10.1. The van der Waals surface area contributed by atoms with Crippen molar-refractivity contribution < 1.29 is 10.0 Å². The second-order valence-electron chi connectivity index (χ2n) is 6.85. The second kappa shape index (κ2) is 12.1. The van der Waals surface area contributed by atoms with Gasteiger partial charge in [0.2, 0.25) is 0 Å². The third kappa shape index (κ3) is 6.62. The number of hydrogen-bond donors (Lipinski definition) is 3. The molecule has 0 aliphatic rings. The highest BCUT2D eigenvalue weighted by Gasteiger charge is 2.10. The van der Waals surface area contributed by atoms with Crippen molar-refractivity contribution in [3.8, 4) is 0 Å². The summed E-state index contributed by atoms with van der Waals surface area (Å²) in [4.78, 5) is 16.0. The van der Waals surface area contributed by atoms with Crippen LogP contribution in [0.4, 0.5) is 0 Å². The Morgan fingerprint density at radius 2 is 2.07 bits per heavy atom. The van der Waals surface area contributed by atoms with Gasteiger partial charge in [-0.15, -0.1) is 0 Å². The van der Waals surface area contributed by atoms with Crippen molar-refractivity contribution in [3.63, 3.8) is 0 Å². The summed E-state index contributed by atoms with van der Waals surface area (Å²) in [6.45, 7) is 3.97. The van der Waals surface area contributed by atoms with E-state index in [9.17, 15) is 4.79 Å². The van der Waals surface area contributed by atoms with E-state index in [0.717, 1.165) is 54.8 Å². The quantitative estimate of drug-likeness (QED) is 0.171. The number of nitrogens with one attached hydrogen (secondary N) is 2. The summed E-state index contributed by atoms with van der Waals surface area (Å²) in [6.07, 6.45) is 14.4. The number of fused-ring (bicyclic) bond motifs is 1. The molecule has 1 amide bonds. The molecule has 0 spiro atoms. The molecule has 0 saturated carbocycles. The maximum Gasteiger partial charge on any atom is 0.267 e. The van der Waals surface area contributed by atoms with Crippen molar-refractivity contribution in [2.75, 3.05) is 13.6 Å². The van der Waals surface area contributed by atoms with Crippen LogP contribution in [0.25, 0.3) is 17.1 Å². The van der Waals surface area contributed by atoms with E-state index in [1.807, 2.05) is 25.2 Å². The molecule has 1 aromatic heterocycles. The predicted octanol–water partition coefficient (Wildman–Crippen LogP) is 3.84. The molecule has 28 heavy (non-hydrogen) atoms. The summed E-state index contributed by atoms with van der Waals surface area (Å²) in [5, 5.41) is 11.8. The Bertz CT molecular complexity index is 808. The lowest BCUT2D eigenvalue weighted by Crippen LogP contribution is -2.16. The topological polar surface area (TPSA) is 79.2 Å². The number of allylic oxidation sites excluding steroid dienone is 2. The van der Waals surface area contributed by atoms with E-state index < -0.39 is 5.91 Å². The van der Waals surface area contributed by atoms with E-state index in [2.05, 4.69) is 29.0 Å². The zero-order valence-corrected chi connectivity index (χ0v) is 16.9. The first-order chi connectivity index (χ1) is 13.7. The molecule has 6 nitrogen and oxygen atoms in total. The van der Waals surface area contributed by atoms with Crippen LogP contribution in [0.5, 0.6) is 0 Å². The predicted molar refractivity (Wildman–Crippen MR) is 114 cm³/mol. The number of benzene rings is 1. The molecule has 1 aromatic carbocycles.